The molecular weight excluding hydrogens is 302 g/mol. The highest BCUT2D eigenvalue weighted by atomic mass is 16.6. The second-order valence-electron chi connectivity index (χ2n) is 8.76. The van der Waals surface area contributed by atoms with Gasteiger partial charge in [0.2, 0.25) is 0 Å². The van der Waals surface area contributed by atoms with Gasteiger partial charge in [-0.3, -0.25) is 0 Å². The third-order valence-corrected chi connectivity index (χ3v) is 4.84. The minimum Gasteiger partial charge on any atom is -0.444 e. The van der Waals surface area contributed by atoms with Crippen molar-refractivity contribution < 1.29 is 14.6 Å². The Morgan fingerprint density at radius 3 is 1.96 bits per heavy atom. The van der Waals surface area contributed by atoms with Crippen molar-refractivity contribution in [2.75, 3.05) is 6.61 Å². The van der Waals surface area contributed by atoms with Crippen LogP contribution in [0.5, 0.6) is 0 Å². The molecule has 1 amide bonds. The number of carbonyl (C=O) groups excluding carboxylic acids is 1. The van der Waals surface area contributed by atoms with E-state index in [-0.39, 0.29) is 24.7 Å². The summed E-state index contributed by atoms with van der Waals surface area (Å²) in [5.41, 5.74) is -0.484. The molecule has 0 saturated carbocycles. The van der Waals surface area contributed by atoms with Crippen LogP contribution in [0.25, 0.3) is 0 Å². The van der Waals surface area contributed by atoms with Crippen LogP contribution >= 0.6 is 0 Å². The molecule has 3 atom stereocenters. The molecule has 0 unspecified atom stereocenters. The van der Waals surface area contributed by atoms with Crippen molar-refractivity contribution in [3.63, 3.8) is 0 Å². The van der Waals surface area contributed by atoms with Gasteiger partial charge in [0.15, 0.2) is 0 Å². The minimum atomic E-state index is -0.484. The fourth-order valence-corrected chi connectivity index (χ4v) is 3.05. The van der Waals surface area contributed by atoms with E-state index in [9.17, 15) is 9.90 Å². The maximum absolute atomic E-state index is 12.2. The number of aliphatic hydroxyl groups is 1. The Hall–Kier alpha value is -0.770. The Bertz CT molecular complexity index is 347. The van der Waals surface area contributed by atoms with Crippen LogP contribution in [-0.2, 0) is 4.74 Å². The molecule has 4 nitrogen and oxygen atoms in total. The SMILES string of the molecule is CC[C@@H](C[C@@H](CC[C@H](CO)C(C)C)NC(=O)OC(C)(C)C)C(C)C. The minimum absolute atomic E-state index is 0.0972. The molecule has 144 valence electrons. The highest BCUT2D eigenvalue weighted by Gasteiger charge is 2.24. The highest BCUT2D eigenvalue weighted by Crippen LogP contribution is 2.25. The molecule has 0 aromatic carbocycles. The summed E-state index contributed by atoms with van der Waals surface area (Å²) in [5, 5.41) is 12.6. The number of alkyl carbamates (subject to hydrolysis) is 1. The van der Waals surface area contributed by atoms with Crippen molar-refractivity contribution in [3.05, 3.63) is 0 Å². The second-order valence-corrected chi connectivity index (χ2v) is 8.76. The first-order chi connectivity index (χ1) is 11.0. The average molecular weight is 344 g/mol. The van der Waals surface area contributed by atoms with E-state index in [0.29, 0.717) is 17.8 Å². The van der Waals surface area contributed by atoms with Gasteiger partial charge in [0.1, 0.15) is 5.60 Å². The first-order valence-corrected chi connectivity index (χ1v) is 9.60. The zero-order chi connectivity index (χ0) is 18.9. The van der Waals surface area contributed by atoms with E-state index in [1.807, 2.05) is 20.8 Å². The lowest BCUT2D eigenvalue weighted by molar-refractivity contribution is 0.0486. The maximum atomic E-state index is 12.2. The van der Waals surface area contributed by atoms with Crippen LogP contribution in [0, 0.1) is 23.7 Å². The summed E-state index contributed by atoms with van der Waals surface area (Å²) in [6.45, 7) is 16.8. The third-order valence-electron chi connectivity index (χ3n) is 4.84. The summed E-state index contributed by atoms with van der Waals surface area (Å²) in [6, 6.07) is 0.0972. The van der Waals surface area contributed by atoms with E-state index >= 15 is 0 Å². The molecule has 2 N–H and O–H groups in total. The highest BCUT2D eigenvalue weighted by molar-refractivity contribution is 5.68. The number of carbonyl (C=O) groups is 1. The number of ether oxygens (including phenoxy) is 1. The Morgan fingerprint density at radius 2 is 1.58 bits per heavy atom. The van der Waals surface area contributed by atoms with Crippen molar-refractivity contribution >= 4 is 6.09 Å². The Kier molecular flexibility index (Phi) is 10.6. The predicted molar refractivity (Wildman–Crippen MR) is 101 cm³/mol. The first-order valence-electron chi connectivity index (χ1n) is 9.60. The van der Waals surface area contributed by atoms with Gasteiger partial charge < -0.3 is 15.2 Å². The van der Waals surface area contributed by atoms with Crippen LogP contribution < -0.4 is 5.32 Å². The molecule has 0 aliphatic heterocycles. The molecule has 0 bridgehead atoms. The molecule has 24 heavy (non-hydrogen) atoms. The van der Waals surface area contributed by atoms with Gasteiger partial charge in [-0.25, -0.2) is 4.79 Å². The van der Waals surface area contributed by atoms with Gasteiger partial charge in [-0.2, -0.15) is 0 Å². The molecular formula is C20H41NO3. The number of rotatable bonds is 10. The largest absolute Gasteiger partial charge is 0.444 e. The summed E-state index contributed by atoms with van der Waals surface area (Å²) in [4.78, 5) is 12.2. The van der Waals surface area contributed by atoms with Gasteiger partial charge in [-0.1, -0.05) is 41.0 Å². The summed E-state index contributed by atoms with van der Waals surface area (Å²) in [5.74, 6) is 1.91. The van der Waals surface area contributed by atoms with Crippen LogP contribution in [-0.4, -0.2) is 29.4 Å². The number of hydrogen-bond acceptors (Lipinski definition) is 3. The van der Waals surface area contributed by atoms with Crippen LogP contribution in [0.4, 0.5) is 4.79 Å². The van der Waals surface area contributed by atoms with Crippen molar-refractivity contribution in [1.29, 1.82) is 0 Å². The van der Waals surface area contributed by atoms with Crippen LogP contribution in [0.1, 0.15) is 81.1 Å². The van der Waals surface area contributed by atoms with Gasteiger partial charge in [-0.05, 0) is 63.7 Å². The Balaban J connectivity index is 4.84. The lowest BCUT2D eigenvalue weighted by Gasteiger charge is -2.29. The third kappa shape index (κ3) is 10.2. The summed E-state index contributed by atoms with van der Waals surface area (Å²) < 4.78 is 5.43. The molecule has 4 heteroatoms. The number of nitrogens with one attached hydrogen (secondary N) is 1. The van der Waals surface area contributed by atoms with Gasteiger partial charge >= 0.3 is 6.09 Å². The van der Waals surface area contributed by atoms with Gasteiger partial charge in [0, 0.05) is 12.6 Å². The molecule has 0 radical (unpaired) electrons. The Labute approximate surface area is 149 Å². The molecule has 0 aromatic rings. The number of amides is 1. The van der Waals surface area contributed by atoms with Crippen LogP contribution in [0.15, 0.2) is 0 Å². The molecule has 0 fully saturated rings. The topological polar surface area (TPSA) is 58.6 Å². The van der Waals surface area contributed by atoms with Crippen molar-refractivity contribution in [2.24, 2.45) is 23.7 Å². The zero-order valence-electron chi connectivity index (χ0n) is 17.2. The molecule has 0 saturated heterocycles. The molecule has 0 aliphatic carbocycles. The van der Waals surface area contributed by atoms with Gasteiger partial charge in [0.05, 0.1) is 0 Å². The molecule has 0 heterocycles. The van der Waals surface area contributed by atoms with E-state index in [2.05, 4.69) is 39.9 Å². The quantitative estimate of drug-likeness (QED) is 0.587. The van der Waals surface area contributed by atoms with E-state index in [1.54, 1.807) is 0 Å². The van der Waals surface area contributed by atoms with Crippen LogP contribution in [0.3, 0.4) is 0 Å². The van der Waals surface area contributed by atoms with Crippen molar-refractivity contribution in [1.82, 2.24) is 5.32 Å². The maximum Gasteiger partial charge on any atom is 0.407 e. The molecule has 0 aliphatic rings. The van der Waals surface area contributed by atoms with Crippen molar-refractivity contribution in [2.45, 2.75) is 92.7 Å². The first kappa shape index (κ1) is 23.2. The van der Waals surface area contributed by atoms with E-state index < -0.39 is 5.60 Å². The summed E-state index contributed by atoms with van der Waals surface area (Å²) in [6.07, 6.45) is 3.53. The lowest BCUT2D eigenvalue weighted by atomic mass is 9.84. The fourth-order valence-electron chi connectivity index (χ4n) is 3.05. The number of aliphatic hydroxyl groups excluding tert-OH is 1. The normalized spacial score (nSPS) is 16.1. The Morgan fingerprint density at radius 1 is 1.04 bits per heavy atom. The van der Waals surface area contributed by atoms with Gasteiger partial charge in [-0.15, -0.1) is 0 Å². The van der Waals surface area contributed by atoms with Gasteiger partial charge in [0.25, 0.3) is 0 Å². The van der Waals surface area contributed by atoms with E-state index in [1.165, 1.54) is 0 Å². The zero-order valence-corrected chi connectivity index (χ0v) is 17.2. The van der Waals surface area contributed by atoms with Crippen molar-refractivity contribution in [3.8, 4) is 0 Å². The van der Waals surface area contributed by atoms with E-state index in [4.69, 9.17) is 4.74 Å². The standard InChI is InChI=1S/C20H41NO3/c1-9-16(14(2)3)12-18(11-10-17(13-22)15(4)5)21-19(23)24-20(6,7)8/h14-18,22H,9-13H2,1-8H3,(H,21,23)/t16-,17+,18+/m0/s1. The number of hydrogen-bond donors (Lipinski definition) is 2. The fraction of sp³-hybridized carbons (Fsp3) is 0.950. The van der Waals surface area contributed by atoms with E-state index in [0.717, 1.165) is 25.7 Å². The summed E-state index contributed by atoms with van der Waals surface area (Å²) in [7, 11) is 0. The molecule has 0 aromatic heterocycles. The monoisotopic (exact) mass is 343 g/mol. The van der Waals surface area contributed by atoms with Crippen LogP contribution in [0.2, 0.25) is 0 Å². The lowest BCUT2D eigenvalue weighted by Crippen LogP contribution is -2.41. The predicted octanol–water partition coefficient (Wildman–Crippen LogP) is 5.00. The smallest absolute Gasteiger partial charge is 0.407 e. The summed E-state index contributed by atoms with van der Waals surface area (Å²) >= 11 is 0. The molecule has 0 spiro atoms. The molecule has 0 rings (SSSR count). The second kappa shape index (κ2) is 11.0. The average Bonchev–Trinajstić information content (AvgIpc) is 2.41.